The molecule has 2 aromatic rings. The fourth-order valence-electron chi connectivity index (χ4n) is 3.60. The van der Waals surface area contributed by atoms with Gasteiger partial charge < -0.3 is 14.4 Å². The summed E-state index contributed by atoms with van der Waals surface area (Å²) >= 11 is 1.27. The molecule has 0 amide bonds. The zero-order valence-electron chi connectivity index (χ0n) is 16.4. The molecule has 0 spiro atoms. The van der Waals surface area contributed by atoms with Gasteiger partial charge in [0, 0.05) is 11.8 Å². The monoisotopic (exact) mass is 446 g/mol. The molecule has 0 aliphatic carbocycles. The maximum atomic E-state index is 12.2. The highest BCUT2D eigenvalue weighted by Crippen LogP contribution is 2.36. The predicted molar refractivity (Wildman–Crippen MR) is 118 cm³/mol. The maximum Gasteiger partial charge on any atom is 0.316 e. The number of sulfone groups is 1. The lowest BCUT2D eigenvalue weighted by atomic mass is 10.1. The number of hydrogen-bond acceptors (Lipinski definition) is 8. The largest absolute Gasteiger partial charge is 0.497 e. The quantitative estimate of drug-likeness (QED) is 0.630. The van der Waals surface area contributed by atoms with E-state index in [4.69, 9.17) is 9.47 Å². The molecule has 9 heteroatoms. The van der Waals surface area contributed by atoms with Crippen molar-refractivity contribution >= 4 is 38.4 Å². The number of esters is 1. The number of rotatable bonds is 6. The average Bonchev–Trinajstić information content (AvgIpc) is 3.22. The van der Waals surface area contributed by atoms with Crippen LogP contribution in [-0.2, 0) is 26.0 Å². The molecule has 2 aliphatic rings. The van der Waals surface area contributed by atoms with Crippen molar-refractivity contribution in [2.45, 2.75) is 18.7 Å². The Bertz CT molecular complexity index is 1060. The van der Waals surface area contributed by atoms with E-state index in [1.165, 1.54) is 11.8 Å². The number of thioether (sulfide) groups is 1. The molecular weight excluding hydrogens is 424 g/mol. The molecule has 0 N–H and O–H groups in total. The van der Waals surface area contributed by atoms with Crippen molar-refractivity contribution < 1.29 is 22.7 Å². The van der Waals surface area contributed by atoms with Crippen LogP contribution in [0.2, 0.25) is 0 Å². The number of fused-ring (bicyclic) bond motifs is 1. The van der Waals surface area contributed by atoms with E-state index in [1.54, 1.807) is 7.11 Å². The summed E-state index contributed by atoms with van der Waals surface area (Å²) in [6, 6.07) is 16.3. The Morgan fingerprint density at radius 2 is 1.97 bits per heavy atom. The van der Waals surface area contributed by atoms with Gasteiger partial charge in [0.2, 0.25) is 0 Å². The Labute approximate surface area is 180 Å². The van der Waals surface area contributed by atoms with Crippen molar-refractivity contribution in [3.63, 3.8) is 0 Å². The molecule has 4 rings (SSSR count). The van der Waals surface area contributed by atoms with Gasteiger partial charge in [0.1, 0.15) is 12.4 Å². The van der Waals surface area contributed by atoms with Crippen LogP contribution in [0.25, 0.3) is 0 Å². The summed E-state index contributed by atoms with van der Waals surface area (Å²) < 4.78 is 34.9. The molecule has 0 saturated carbocycles. The van der Waals surface area contributed by atoms with Gasteiger partial charge in [-0.3, -0.25) is 9.79 Å². The van der Waals surface area contributed by atoms with Crippen molar-refractivity contribution in [3.05, 3.63) is 60.2 Å². The smallest absolute Gasteiger partial charge is 0.316 e. The number of anilines is 1. The van der Waals surface area contributed by atoms with Gasteiger partial charge in [-0.2, -0.15) is 0 Å². The standard InChI is InChI=1S/C21H22N2O5S2/c1-27-17-9-5-8-16(10-17)23-19-14-30(25,26)13-18(19)22-21(23)29-12-20(24)28-11-15-6-3-2-4-7-15/h2-10,18-19H,11-14H2,1H3/t18-,19+/m1/s1. The maximum absolute atomic E-state index is 12.2. The fourth-order valence-corrected chi connectivity index (χ4v) is 6.36. The fraction of sp³-hybridized carbons (Fsp3) is 0.333. The summed E-state index contributed by atoms with van der Waals surface area (Å²) in [6.45, 7) is 0.218. The van der Waals surface area contributed by atoms with Gasteiger partial charge in [-0.25, -0.2) is 8.42 Å². The molecule has 2 aromatic carbocycles. The minimum absolute atomic E-state index is 0.0284. The molecular formula is C21H22N2O5S2. The van der Waals surface area contributed by atoms with Crippen LogP contribution in [0.3, 0.4) is 0 Å². The lowest BCUT2D eigenvalue weighted by molar-refractivity contribution is -0.141. The summed E-state index contributed by atoms with van der Waals surface area (Å²) in [5.74, 6) is 0.491. The first-order chi connectivity index (χ1) is 14.4. The van der Waals surface area contributed by atoms with Crippen LogP contribution in [-0.4, -0.2) is 56.0 Å². The molecule has 7 nitrogen and oxygen atoms in total. The lowest BCUT2D eigenvalue weighted by Gasteiger charge is -2.26. The first kappa shape index (κ1) is 20.7. The Balaban J connectivity index is 1.46. The van der Waals surface area contributed by atoms with Crippen LogP contribution in [0.1, 0.15) is 5.56 Å². The van der Waals surface area contributed by atoms with E-state index in [9.17, 15) is 13.2 Å². The summed E-state index contributed by atoms with van der Waals surface area (Å²) in [5.41, 5.74) is 1.72. The van der Waals surface area contributed by atoms with Crippen molar-refractivity contribution in [3.8, 4) is 5.75 Å². The van der Waals surface area contributed by atoms with E-state index in [-0.39, 0.29) is 41.9 Å². The number of nitrogens with zero attached hydrogens (tertiary/aromatic N) is 2. The number of ether oxygens (including phenoxy) is 2. The van der Waals surface area contributed by atoms with Gasteiger partial charge in [-0.1, -0.05) is 48.2 Å². The number of benzene rings is 2. The second-order valence-electron chi connectivity index (χ2n) is 7.13. The van der Waals surface area contributed by atoms with Gasteiger partial charge >= 0.3 is 5.97 Å². The van der Waals surface area contributed by atoms with Crippen LogP contribution >= 0.6 is 11.8 Å². The topological polar surface area (TPSA) is 85.3 Å². The lowest BCUT2D eigenvalue weighted by Crippen LogP contribution is -2.39. The van der Waals surface area contributed by atoms with E-state index < -0.39 is 9.84 Å². The van der Waals surface area contributed by atoms with Gasteiger partial charge in [-0.15, -0.1) is 0 Å². The molecule has 2 aliphatic heterocycles. The van der Waals surface area contributed by atoms with Gasteiger partial charge in [0.05, 0.1) is 36.5 Å². The van der Waals surface area contributed by atoms with E-state index in [0.717, 1.165) is 11.3 Å². The Morgan fingerprint density at radius 1 is 1.17 bits per heavy atom. The number of carbonyl (C=O) groups is 1. The second-order valence-corrected chi connectivity index (χ2v) is 10.2. The zero-order chi connectivity index (χ0) is 21.1. The summed E-state index contributed by atoms with van der Waals surface area (Å²) in [4.78, 5) is 18.8. The van der Waals surface area contributed by atoms with Crippen molar-refractivity contribution in [1.82, 2.24) is 0 Å². The van der Waals surface area contributed by atoms with Crippen molar-refractivity contribution in [1.29, 1.82) is 0 Å². The molecule has 0 radical (unpaired) electrons. The van der Waals surface area contributed by atoms with Crippen LogP contribution < -0.4 is 9.64 Å². The van der Waals surface area contributed by atoms with E-state index in [2.05, 4.69) is 4.99 Å². The average molecular weight is 447 g/mol. The molecule has 0 bridgehead atoms. The predicted octanol–water partition coefficient (Wildman–Crippen LogP) is 2.51. The Morgan fingerprint density at radius 3 is 2.73 bits per heavy atom. The second kappa shape index (κ2) is 8.69. The minimum Gasteiger partial charge on any atom is -0.497 e. The Kier molecular flexibility index (Phi) is 6.01. The van der Waals surface area contributed by atoms with Crippen LogP contribution in [0.4, 0.5) is 5.69 Å². The molecule has 0 unspecified atom stereocenters. The summed E-state index contributed by atoms with van der Waals surface area (Å²) in [5, 5.41) is 0.629. The van der Waals surface area contributed by atoms with Gasteiger partial charge in [0.15, 0.2) is 15.0 Å². The zero-order valence-corrected chi connectivity index (χ0v) is 18.1. The highest BCUT2D eigenvalue weighted by Gasteiger charge is 2.47. The van der Waals surface area contributed by atoms with Crippen LogP contribution in [0.15, 0.2) is 59.6 Å². The molecule has 158 valence electrons. The molecule has 0 aromatic heterocycles. The van der Waals surface area contributed by atoms with E-state index in [0.29, 0.717) is 10.9 Å². The van der Waals surface area contributed by atoms with Crippen LogP contribution in [0.5, 0.6) is 5.75 Å². The highest BCUT2D eigenvalue weighted by atomic mass is 32.2. The number of hydrogen-bond donors (Lipinski definition) is 0. The third-order valence-electron chi connectivity index (χ3n) is 5.00. The number of amidine groups is 1. The van der Waals surface area contributed by atoms with Crippen molar-refractivity contribution in [2.75, 3.05) is 29.3 Å². The number of methoxy groups -OCH3 is 1. The molecule has 2 atom stereocenters. The summed E-state index contributed by atoms with van der Waals surface area (Å²) in [7, 11) is -1.56. The Hall–Kier alpha value is -2.52. The molecule has 1 fully saturated rings. The third-order valence-corrected chi connectivity index (χ3v) is 7.64. The van der Waals surface area contributed by atoms with Crippen LogP contribution in [0, 0.1) is 0 Å². The van der Waals surface area contributed by atoms with Crippen molar-refractivity contribution in [2.24, 2.45) is 4.99 Å². The highest BCUT2D eigenvalue weighted by molar-refractivity contribution is 8.14. The van der Waals surface area contributed by atoms with Gasteiger partial charge in [-0.05, 0) is 17.7 Å². The SMILES string of the molecule is COc1cccc(N2C(SCC(=O)OCc3ccccc3)=N[C@@H]3CS(=O)(=O)C[C@@H]32)c1. The summed E-state index contributed by atoms with van der Waals surface area (Å²) in [6.07, 6.45) is 0. The number of aliphatic imine (C=N–C) groups is 1. The third kappa shape index (κ3) is 4.62. The first-order valence-electron chi connectivity index (χ1n) is 9.49. The minimum atomic E-state index is -3.14. The molecule has 1 saturated heterocycles. The van der Waals surface area contributed by atoms with Gasteiger partial charge in [0.25, 0.3) is 0 Å². The van der Waals surface area contributed by atoms with E-state index >= 15 is 0 Å². The first-order valence-corrected chi connectivity index (χ1v) is 12.3. The normalized spacial score (nSPS) is 21.8. The van der Waals surface area contributed by atoms with E-state index in [1.807, 2.05) is 59.5 Å². The molecule has 30 heavy (non-hydrogen) atoms. The number of carbonyl (C=O) groups excluding carboxylic acids is 1. The molecule has 2 heterocycles.